The van der Waals surface area contributed by atoms with Crippen LogP contribution in [0.3, 0.4) is 0 Å². The van der Waals surface area contributed by atoms with Crippen LogP contribution in [0.2, 0.25) is 0 Å². The number of rotatable bonds is 5. The van der Waals surface area contributed by atoms with Gasteiger partial charge in [0.15, 0.2) is 5.13 Å². The van der Waals surface area contributed by atoms with E-state index >= 15 is 0 Å². The largest absolute Gasteiger partial charge is 0.497 e. The average molecular weight is 430 g/mol. The van der Waals surface area contributed by atoms with Crippen molar-refractivity contribution >= 4 is 28.5 Å². The number of hydrogen-bond acceptors (Lipinski definition) is 5. The SMILES string of the molecule is COc1ccc(CNC(=O)N2CCc3nc(NC(=O)NC4CCCC4)sc3C2)cc1. The van der Waals surface area contributed by atoms with Crippen LogP contribution in [0.5, 0.6) is 5.75 Å². The Hall–Kier alpha value is -2.81. The van der Waals surface area contributed by atoms with Crippen LogP contribution in [0, 0.1) is 0 Å². The number of benzene rings is 1. The summed E-state index contributed by atoms with van der Waals surface area (Å²) in [5.41, 5.74) is 1.98. The Kier molecular flexibility index (Phi) is 6.37. The van der Waals surface area contributed by atoms with Crippen molar-refractivity contribution in [2.24, 2.45) is 0 Å². The lowest BCUT2D eigenvalue weighted by molar-refractivity contribution is 0.192. The maximum absolute atomic E-state index is 12.6. The van der Waals surface area contributed by atoms with Crippen molar-refractivity contribution in [1.82, 2.24) is 20.5 Å². The number of aromatic nitrogens is 1. The van der Waals surface area contributed by atoms with Gasteiger partial charge in [0.25, 0.3) is 0 Å². The van der Waals surface area contributed by atoms with E-state index in [1.807, 2.05) is 24.3 Å². The summed E-state index contributed by atoms with van der Waals surface area (Å²) in [6.07, 6.45) is 5.12. The second-order valence-electron chi connectivity index (χ2n) is 7.65. The molecule has 1 aliphatic carbocycles. The lowest BCUT2D eigenvalue weighted by Crippen LogP contribution is -2.42. The van der Waals surface area contributed by atoms with Gasteiger partial charge in [-0.2, -0.15) is 0 Å². The number of carbonyl (C=O) groups excluding carboxylic acids is 2. The van der Waals surface area contributed by atoms with E-state index in [1.54, 1.807) is 12.0 Å². The van der Waals surface area contributed by atoms with Crippen LogP contribution < -0.4 is 20.7 Å². The fourth-order valence-corrected chi connectivity index (χ4v) is 4.86. The highest BCUT2D eigenvalue weighted by Gasteiger charge is 2.25. The van der Waals surface area contributed by atoms with Crippen molar-refractivity contribution < 1.29 is 14.3 Å². The van der Waals surface area contributed by atoms with Gasteiger partial charge in [0.2, 0.25) is 0 Å². The molecular weight excluding hydrogens is 402 g/mol. The highest BCUT2D eigenvalue weighted by Crippen LogP contribution is 2.28. The Bertz CT molecular complexity index is 893. The molecule has 0 spiro atoms. The third-order valence-corrected chi connectivity index (χ3v) is 6.53. The van der Waals surface area contributed by atoms with E-state index in [9.17, 15) is 9.59 Å². The summed E-state index contributed by atoms with van der Waals surface area (Å²) in [5, 5.41) is 9.42. The number of ether oxygens (including phenoxy) is 1. The number of nitrogens with one attached hydrogen (secondary N) is 3. The highest BCUT2D eigenvalue weighted by molar-refractivity contribution is 7.15. The molecule has 9 heteroatoms. The molecule has 2 heterocycles. The first-order chi connectivity index (χ1) is 14.6. The third-order valence-electron chi connectivity index (χ3n) is 5.53. The molecule has 1 aliphatic heterocycles. The minimum Gasteiger partial charge on any atom is -0.497 e. The minimum atomic E-state index is -0.193. The van der Waals surface area contributed by atoms with Crippen molar-refractivity contribution in [2.75, 3.05) is 19.0 Å². The van der Waals surface area contributed by atoms with Gasteiger partial charge < -0.3 is 20.3 Å². The molecule has 1 aromatic heterocycles. The number of urea groups is 2. The Morgan fingerprint density at radius 3 is 2.73 bits per heavy atom. The smallest absolute Gasteiger partial charge is 0.321 e. The first-order valence-corrected chi connectivity index (χ1v) is 11.1. The van der Waals surface area contributed by atoms with Crippen LogP contribution in [-0.2, 0) is 19.5 Å². The summed E-state index contributed by atoms with van der Waals surface area (Å²) in [6, 6.07) is 7.60. The fraction of sp³-hybridized carbons (Fsp3) is 0.476. The zero-order valence-corrected chi connectivity index (χ0v) is 17.9. The van der Waals surface area contributed by atoms with Crippen LogP contribution in [0.1, 0.15) is 41.8 Å². The number of thiazole rings is 1. The lowest BCUT2D eigenvalue weighted by Gasteiger charge is -2.26. The zero-order chi connectivity index (χ0) is 20.9. The van der Waals surface area contributed by atoms with Gasteiger partial charge in [0.05, 0.1) is 19.3 Å². The van der Waals surface area contributed by atoms with Gasteiger partial charge in [-0.15, -0.1) is 0 Å². The highest BCUT2D eigenvalue weighted by atomic mass is 32.1. The Morgan fingerprint density at radius 1 is 1.23 bits per heavy atom. The van der Waals surface area contributed by atoms with E-state index in [0.717, 1.165) is 34.7 Å². The topological polar surface area (TPSA) is 95.6 Å². The summed E-state index contributed by atoms with van der Waals surface area (Å²) in [5.74, 6) is 0.792. The first kappa shape index (κ1) is 20.5. The summed E-state index contributed by atoms with van der Waals surface area (Å²) in [6.45, 7) is 1.58. The molecule has 2 aromatic rings. The van der Waals surface area contributed by atoms with Gasteiger partial charge in [-0.05, 0) is 30.5 Å². The van der Waals surface area contributed by atoms with Crippen LogP contribution in [-0.4, -0.2) is 41.6 Å². The number of amides is 4. The number of carbonyl (C=O) groups is 2. The molecule has 4 rings (SSSR count). The number of methoxy groups -OCH3 is 1. The molecule has 1 aromatic carbocycles. The van der Waals surface area contributed by atoms with Gasteiger partial charge >= 0.3 is 12.1 Å². The van der Waals surface area contributed by atoms with Gasteiger partial charge in [0, 0.05) is 30.4 Å². The van der Waals surface area contributed by atoms with Gasteiger partial charge in [0.1, 0.15) is 5.75 Å². The molecule has 0 bridgehead atoms. The Morgan fingerprint density at radius 2 is 2.00 bits per heavy atom. The van der Waals surface area contributed by atoms with Crippen molar-refractivity contribution in [3.8, 4) is 5.75 Å². The van der Waals surface area contributed by atoms with E-state index in [4.69, 9.17) is 4.74 Å². The molecule has 0 atom stereocenters. The normalized spacial score (nSPS) is 16.1. The summed E-state index contributed by atoms with van der Waals surface area (Å²) in [4.78, 5) is 32.1. The summed E-state index contributed by atoms with van der Waals surface area (Å²) >= 11 is 1.44. The quantitative estimate of drug-likeness (QED) is 0.678. The molecule has 2 aliphatic rings. The van der Waals surface area contributed by atoms with Crippen LogP contribution in [0.4, 0.5) is 14.7 Å². The molecule has 0 unspecified atom stereocenters. The Labute approximate surface area is 180 Å². The molecular formula is C21H27N5O3S. The predicted molar refractivity (Wildman–Crippen MR) is 116 cm³/mol. The molecule has 160 valence electrons. The van der Waals surface area contributed by atoms with E-state index < -0.39 is 0 Å². The van der Waals surface area contributed by atoms with Gasteiger partial charge in [-0.3, -0.25) is 5.32 Å². The summed E-state index contributed by atoms with van der Waals surface area (Å²) in [7, 11) is 1.63. The van der Waals surface area contributed by atoms with Crippen molar-refractivity contribution in [3.63, 3.8) is 0 Å². The maximum Gasteiger partial charge on any atom is 0.321 e. The summed E-state index contributed by atoms with van der Waals surface area (Å²) < 4.78 is 5.15. The third kappa shape index (κ3) is 5.02. The number of anilines is 1. The van der Waals surface area contributed by atoms with E-state index in [-0.39, 0.29) is 18.1 Å². The molecule has 4 amide bonds. The number of nitrogens with zero attached hydrogens (tertiary/aromatic N) is 2. The van der Waals surface area contributed by atoms with Crippen LogP contribution in [0.25, 0.3) is 0 Å². The van der Waals surface area contributed by atoms with Gasteiger partial charge in [-0.1, -0.05) is 36.3 Å². The predicted octanol–water partition coefficient (Wildman–Crippen LogP) is 3.48. The van der Waals surface area contributed by atoms with Crippen LogP contribution in [0.15, 0.2) is 24.3 Å². The van der Waals surface area contributed by atoms with Crippen LogP contribution >= 0.6 is 11.3 Å². The lowest BCUT2D eigenvalue weighted by atomic mass is 10.2. The monoisotopic (exact) mass is 429 g/mol. The standard InChI is InChI=1S/C21H27N5O3S/c1-29-16-8-6-14(7-9-16)12-22-21(28)26-11-10-17-18(13-26)30-20(24-17)25-19(27)23-15-4-2-3-5-15/h6-9,15H,2-5,10-13H2,1H3,(H,22,28)(H2,23,24,25,27). The fourth-order valence-electron chi connectivity index (χ4n) is 3.84. The van der Waals surface area contributed by atoms with Gasteiger partial charge in [-0.25, -0.2) is 14.6 Å². The average Bonchev–Trinajstić information content (AvgIpc) is 3.40. The molecule has 3 N–H and O–H groups in total. The van der Waals surface area contributed by atoms with E-state index in [1.165, 1.54) is 24.2 Å². The molecule has 0 radical (unpaired) electrons. The molecule has 1 fully saturated rings. The molecule has 1 saturated carbocycles. The van der Waals surface area contributed by atoms with E-state index in [2.05, 4.69) is 20.9 Å². The molecule has 8 nitrogen and oxygen atoms in total. The zero-order valence-electron chi connectivity index (χ0n) is 17.1. The second kappa shape index (κ2) is 9.34. The van der Waals surface area contributed by atoms with Crippen molar-refractivity contribution in [1.29, 1.82) is 0 Å². The van der Waals surface area contributed by atoms with Crippen molar-refractivity contribution in [2.45, 2.75) is 51.2 Å². The minimum absolute atomic E-state index is 0.0987. The Balaban J connectivity index is 1.28. The number of hydrogen-bond donors (Lipinski definition) is 3. The second-order valence-corrected chi connectivity index (χ2v) is 8.73. The first-order valence-electron chi connectivity index (χ1n) is 10.3. The molecule has 30 heavy (non-hydrogen) atoms. The molecule has 0 saturated heterocycles. The maximum atomic E-state index is 12.6. The number of fused-ring (bicyclic) bond motifs is 1. The van der Waals surface area contributed by atoms with Crippen molar-refractivity contribution in [3.05, 3.63) is 40.4 Å². The van der Waals surface area contributed by atoms with E-state index in [0.29, 0.717) is 31.2 Å².